The molecule has 0 radical (unpaired) electrons. The quantitative estimate of drug-likeness (QED) is 0.375. The van der Waals surface area contributed by atoms with E-state index in [-0.39, 0.29) is 24.2 Å². The third-order valence-corrected chi connectivity index (χ3v) is 5.68. The van der Waals surface area contributed by atoms with Crippen molar-refractivity contribution in [1.29, 1.82) is 0 Å². The highest BCUT2D eigenvalue weighted by Crippen LogP contribution is 2.27. The van der Waals surface area contributed by atoms with Gasteiger partial charge >= 0.3 is 5.97 Å². The van der Waals surface area contributed by atoms with Gasteiger partial charge in [-0.15, -0.1) is 11.8 Å². The maximum absolute atomic E-state index is 12.6. The van der Waals surface area contributed by atoms with E-state index in [1.165, 1.54) is 11.8 Å². The Bertz CT molecular complexity index is 918. The van der Waals surface area contributed by atoms with Crippen LogP contribution in [-0.2, 0) is 25.5 Å². The van der Waals surface area contributed by atoms with Crippen molar-refractivity contribution in [3.05, 3.63) is 59.7 Å². The largest absolute Gasteiger partial charge is 0.452 e. The number of para-hydroxylation sites is 1. The number of hydrogen-bond acceptors (Lipinski definition) is 6. The van der Waals surface area contributed by atoms with Gasteiger partial charge in [0.2, 0.25) is 5.91 Å². The molecule has 0 aromatic heterocycles. The van der Waals surface area contributed by atoms with Gasteiger partial charge in [0.25, 0.3) is 5.91 Å². The van der Waals surface area contributed by atoms with Gasteiger partial charge in [-0.2, -0.15) is 0 Å². The summed E-state index contributed by atoms with van der Waals surface area (Å²) in [5, 5.41) is 2.73. The van der Waals surface area contributed by atoms with Crippen LogP contribution in [0.15, 0.2) is 53.4 Å². The average molecular weight is 429 g/mol. The summed E-state index contributed by atoms with van der Waals surface area (Å²) in [6.45, 7) is 1.13. The highest BCUT2D eigenvalue weighted by Gasteiger charge is 2.25. The Morgan fingerprint density at radius 1 is 1.10 bits per heavy atom. The smallest absolute Gasteiger partial charge is 0.339 e. The minimum absolute atomic E-state index is 0.150. The SMILES string of the molecule is COCCNC(=O)CSc1ccccc1C(=O)OCC(=O)N1CCc2ccccc21. The standard InChI is InChI=1S/C22H24N2O5S/c1-28-13-11-23-20(25)15-30-19-9-5-3-7-17(19)22(27)29-14-21(26)24-12-10-16-6-2-4-8-18(16)24/h2-9H,10-15H2,1H3,(H,23,25). The lowest BCUT2D eigenvalue weighted by atomic mass is 10.2. The van der Waals surface area contributed by atoms with Crippen molar-refractivity contribution < 1.29 is 23.9 Å². The normalized spacial score (nSPS) is 12.4. The lowest BCUT2D eigenvalue weighted by molar-refractivity contribution is -0.121. The Kier molecular flexibility index (Phi) is 7.87. The van der Waals surface area contributed by atoms with Crippen molar-refractivity contribution in [2.24, 2.45) is 0 Å². The number of nitrogens with one attached hydrogen (secondary N) is 1. The molecule has 0 aliphatic carbocycles. The van der Waals surface area contributed by atoms with Crippen LogP contribution in [-0.4, -0.2) is 56.9 Å². The number of ether oxygens (including phenoxy) is 2. The number of nitrogens with zero attached hydrogens (tertiary/aromatic N) is 1. The van der Waals surface area contributed by atoms with E-state index < -0.39 is 5.97 Å². The molecule has 7 nitrogen and oxygen atoms in total. The summed E-state index contributed by atoms with van der Waals surface area (Å²) in [5.41, 5.74) is 2.32. The molecule has 0 atom stereocenters. The summed E-state index contributed by atoms with van der Waals surface area (Å²) >= 11 is 1.24. The Hall–Kier alpha value is -2.84. The fourth-order valence-corrected chi connectivity index (χ4v) is 4.00. The molecule has 2 amide bonds. The summed E-state index contributed by atoms with van der Waals surface area (Å²) < 4.78 is 10.2. The molecule has 8 heteroatoms. The summed E-state index contributed by atoms with van der Waals surface area (Å²) in [6.07, 6.45) is 0.793. The van der Waals surface area contributed by atoms with Crippen LogP contribution in [0.3, 0.4) is 0 Å². The maximum Gasteiger partial charge on any atom is 0.339 e. The fraction of sp³-hybridized carbons (Fsp3) is 0.318. The van der Waals surface area contributed by atoms with Crippen LogP contribution in [0.25, 0.3) is 0 Å². The Labute approximate surface area is 179 Å². The van der Waals surface area contributed by atoms with E-state index in [4.69, 9.17) is 9.47 Å². The first-order valence-electron chi connectivity index (χ1n) is 9.63. The van der Waals surface area contributed by atoms with Crippen molar-refractivity contribution in [1.82, 2.24) is 5.32 Å². The number of benzene rings is 2. The van der Waals surface area contributed by atoms with E-state index in [1.54, 1.807) is 36.3 Å². The van der Waals surface area contributed by atoms with Crippen LogP contribution < -0.4 is 10.2 Å². The second-order valence-electron chi connectivity index (χ2n) is 6.63. The summed E-state index contributed by atoms with van der Waals surface area (Å²) in [7, 11) is 1.57. The molecule has 30 heavy (non-hydrogen) atoms. The highest BCUT2D eigenvalue weighted by atomic mass is 32.2. The molecule has 1 N–H and O–H groups in total. The van der Waals surface area contributed by atoms with Crippen LogP contribution in [0, 0.1) is 0 Å². The number of carbonyl (C=O) groups is 3. The van der Waals surface area contributed by atoms with Gasteiger partial charge in [-0.1, -0.05) is 30.3 Å². The lowest BCUT2D eigenvalue weighted by Gasteiger charge is -2.17. The summed E-state index contributed by atoms with van der Waals surface area (Å²) in [4.78, 5) is 39.3. The molecule has 1 aliphatic heterocycles. The third kappa shape index (κ3) is 5.61. The van der Waals surface area contributed by atoms with Crippen LogP contribution in [0.2, 0.25) is 0 Å². The van der Waals surface area contributed by atoms with Crippen molar-refractivity contribution in [2.75, 3.05) is 44.1 Å². The van der Waals surface area contributed by atoms with Crippen molar-refractivity contribution in [2.45, 2.75) is 11.3 Å². The predicted octanol–water partition coefficient (Wildman–Crippen LogP) is 2.29. The van der Waals surface area contributed by atoms with Gasteiger partial charge in [0.05, 0.1) is 17.9 Å². The first kappa shape index (κ1) is 21.9. The maximum atomic E-state index is 12.6. The van der Waals surface area contributed by atoms with Gasteiger partial charge in [-0.25, -0.2) is 4.79 Å². The number of carbonyl (C=O) groups excluding carboxylic acids is 3. The molecule has 0 fully saturated rings. The number of esters is 1. The molecule has 2 aromatic carbocycles. The van der Waals surface area contributed by atoms with Crippen LogP contribution in [0.1, 0.15) is 15.9 Å². The number of amides is 2. The molecular weight excluding hydrogens is 404 g/mol. The first-order chi connectivity index (χ1) is 14.6. The van der Waals surface area contributed by atoms with Gasteiger partial charge in [0.1, 0.15) is 0 Å². The topological polar surface area (TPSA) is 84.9 Å². The Morgan fingerprint density at radius 3 is 2.70 bits per heavy atom. The molecule has 1 aliphatic rings. The molecule has 1 heterocycles. The molecule has 2 aromatic rings. The lowest BCUT2D eigenvalue weighted by Crippen LogP contribution is -2.33. The van der Waals surface area contributed by atoms with E-state index in [0.717, 1.165) is 17.7 Å². The third-order valence-electron chi connectivity index (χ3n) is 4.61. The Morgan fingerprint density at radius 2 is 1.87 bits per heavy atom. The number of anilines is 1. The average Bonchev–Trinajstić information content (AvgIpc) is 3.20. The van der Waals surface area contributed by atoms with Gasteiger partial charge in [-0.3, -0.25) is 9.59 Å². The molecule has 3 rings (SSSR count). The van der Waals surface area contributed by atoms with Crippen LogP contribution >= 0.6 is 11.8 Å². The van der Waals surface area contributed by atoms with Gasteiger partial charge < -0.3 is 19.7 Å². The van der Waals surface area contributed by atoms with Crippen molar-refractivity contribution in [3.8, 4) is 0 Å². The van der Waals surface area contributed by atoms with Gasteiger partial charge in [0.15, 0.2) is 6.61 Å². The minimum Gasteiger partial charge on any atom is -0.452 e. The number of thioether (sulfide) groups is 1. The number of fused-ring (bicyclic) bond motifs is 1. The molecule has 0 spiro atoms. The predicted molar refractivity (Wildman–Crippen MR) is 115 cm³/mol. The van der Waals surface area contributed by atoms with E-state index in [9.17, 15) is 14.4 Å². The molecule has 0 bridgehead atoms. The summed E-state index contributed by atoms with van der Waals surface area (Å²) in [5.74, 6) is -0.824. The highest BCUT2D eigenvalue weighted by molar-refractivity contribution is 8.00. The number of hydrogen-bond donors (Lipinski definition) is 1. The monoisotopic (exact) mass is 428 g/mol. The zero-order valence-electron chi connectivity index (χ0n) is 16.8. The van der Waals surface area contributed by atoms with Crippen molar-refractivity contribution in [3.63, 3.8) is 0 Å². The molecular formula is C22H24N2O5S. The molecule has 0 unspecified atom stereocenters. The zero-order chi connectivity index (χ0) is 21.3. The second kappa shape index (κ2) is 10.8. The summed E-state index contributed by atoms with van der Waals surface area (Å²) in [6, 6.07) is 14.6. The van der Waals surface area contributed by atoms with E-state index in [0.29, 0.717) is 30.2 Å². The number of rotatable bonds is 9. The van der Waals surface area contributed by atoms with Crippen molar-refractivity contribution >= 4 is 35.2 Å². The molecule has 0 saturated heterocycles. The second-order valence-corrected chi connectivity index (χ2v) is 7.64. The fourth-order valence-electron chi connectivity index (χ4n) is 3.13. The minimum atomic E-state index is -0.585. The molecule has 0 saturated carbocycles. The van der Waals surface area contributed by atoms with E-state index in [1.807, 2.05) is 24.3 Å². The van der Waals surface area contributed by atoms with Crippen LogP contribution in [0.5, 0.6) is 0 Å². The van der Waals surface area contributed by atoms with Crippen LogP contribution in [0.4, 0.5) is 5.69 Å². The van der Waals surface area contributed by atoms with E-state index in [2.05, 4.69) is 5.32 Å². The van der Waals surface area contributed by atoms with E-state index >= 15 is 0 Å². The van der Waals surface area contributed by atoms with Gasteiger partial charge in [-0.05, 0) is 30.2 Å². The Balaban J connectivity index is 1.54. The molecule has 158 valence electrons. The zero-order valence-corrected chi connectivity index (χ0v) is 17.6. The first-order valence-corrected chi connectivity index (χ1v) is 10.6. The van der Waals surface area contributed by atoms with Gasteiger partial charge in [0, 0.05) is 30.8 Å². The number of methoxy groups -OCH3 is 1.